The first-order chi connectivity index (χ1) is 12.2. The van der Waals surface area contributed by atoms with Crippen LogP contribution in [0, 0.1) is 0 Å². The van der Waals surface area contributed by atoms with Gasteiger partial charge in [-0.2, -0.15) is 0 Å². The summed E-state index contributed by atoms with van der Waals surface area (Å²) >= 11 is 12.4. The molecule has 0 amide bonds. The van der Waals surface area contributed by atoms with E-state index in [4.69, 9.17) is 33.0 Å². The number of aliphatic hydroxyl groups is 1. The maximum absolute atomic E-state index is 8.71. The van der Waals surface area contributed by atoms with Crippen molar-refractivity contribution in [3.8, 4) is 5.75 Å². The zero-order chi connectivity index (χ0) is 17.9. The lowest BCUT2D eigenvalue weighted by Crippen LogP contribution is -2.24. The van der Waals surface area contributed by atoms with Gasteiger partial charge >= 0.3 is 0 Å². The minimum Gasteiger partial charge on any atom is -0.488 e. The summed E-state index contributed by atoms with van der Waals surface area (Å²) in [5, 5.41) is 16.5. The van der Waals surface area contributed by atoms with Gasteiger partial charge in [-0.05, 0) is 37.7 Å². The fraction of sp³-hybridized carbons (Fsp3) is 0.368. The number of benzene rings is 2. The van der Waals surface area contributed by atoms with Crippen LogP contribution in [0.15, 0.2) is 42.5 Å². The number of hydrogen-bond acceptors (Lipinski definition) is 4. The van der Waals surface area contributed by atoms with Crippen LogP contribution in [0.5, 0.6) is 5.75 Å². The third kappa shape index (κ3) is 6.84. The summed E-state index contributed by atoms with van der Waals surface area (Å²) < 4.78 is 5.95. The van der Waals surface area contributed by atoms with Gasteiger partial charge in [0.1, 0.15) is 12.4 Å². The fourth-order valence-corrected chi connectivity index (χ4v) is 2.88. The molecule has 3 N–H and O–H groups in total. The maximum Gasteiger partial charge on any atom is 0.124 e. The molecular formula is C19H24Cl2N2O2. The van der Waals surface area contributed by atoms with Crippen LogP contribution in [0.3, 0.4) is 0 Å². The molecule has 2 aromatic carbocycles. The molecule has 0 spiro atoms. The quantitative estimate of drug-likeness (QED) is 0.519. The Morgan fingerprint density at radius 1 is 0.880 bits per heavy atom. The molecule has 0 aromatic heterocycles. The number of rotatable bonds is 11. The van der Waals surface area contributed by atoms with Crippen LogP contribution >= 0.6 is 23.2 Å². The molecule has 4 nitrogen and oxygen atoms in total. The van der Waals surface area contributed by atoms with E-state index in [1.165, 1.54) is 0 Å². The van der Waals surface area contributed by atoms with Crippen LogP contribution in [0.25, 0.3) is 0 Å². The van der Waals surface area contributed by atoms with E-state index < -0.39 is 0 Å². The van der Waals surface area contributed by atoms with Gasteiger partial charge in [-0.25, -0.2) is 0 Å². The second-order valence-corrected chi connectivity index (χ2v) is 6.41. The van der Waals surface area contributed by atoms with Crippen LogP contribution in [-0.4, -0.2) is 31.3 Å². The summed E-state index contributed by atoms with van der Waals surface area (Å²) in [6, 6.07) is 13.4. The molecule has 25 heavy (non-hydrogen) atoms. The summed E-state index contributed by atoms with van der Waals surface area (Å²) in [4.78, 5) is 0. The van der Waals surface area contributed by atoms with Gasteiger partial charge in [0.25, 0.3) is 0 Å². The lowest BCUT2D eigenvalue weighted by molar-refractivity contribution is 0.292. The largest absolute Gasteiger partial charge is 0.488 e. The number of ether oxygens (including phenoxy) is 1. The SMILES string of the molecule is OCCNCCCNCc1ccccc1OCc1c(Cl)cccc1Cl. The van der Waals surface area contributed by atoms with E-state index in [1.54, 1.807) is 0 Å². The standard InChI is InChI=1S/C19H24Cl2N2O2/c20-17-6-3-7-18(21)16(17)14-25-19-8-2-1-5-15(19)13-23-10-4-9-22-11-12-24/h1-3,5-8,22-24H,4,9-14H2. The highest BCUT2D eigenvalue weighted by atomic mass is 35.5. The molecule has 0 unspecified atom stereocenters. The highest BCUT2D eigenvalue weighted by Gasteiger charge is 2.08. The van der Waals surface area contributed by atoms with Crippen LogP contribution in [-0.2, 0) is 13.2 Å². The first-order valence-electron chi connectivity index (χ1n) is 8.38. The molecule has 0 heterocycles. The number of halogens is 2. The fourth-order valence-electron chi connectivity index (χ4n) is 2.38. The topological polar surface area (TPSA) is 53.5 Å². The van der Waals surface area contributed by atoms with Crippen molar-refractivity contribution in [3.05, 3.63) is 63.6 Å². The highest BCUT2D eigenvalue weighted by molar-refractivity contribution is 6.35. The van der Waals surface area contributed by atoms with Gasteiger partial charge < -0.3 is 20.5 Å². The zero-order valence-corrected chi connectivity index (χ0v) is 15.6. The molecule has 0 atom stereocenters. The Balaban J connectivity index is 1.84. The molecule has 0 saturated heterocycles. The highest BCUT2D eigenvalue weighted by Crippen LogP contribution is 2.27. The summed E-state index contributed by atoms with van der Waals surface area (Å²) in [6.45, 7) is 3.65. The van der Waals surface area contributed by atoms with Crippen LogP contribution in [0.4, 0.5) is 0 Å². The second-order valence-electron chi connectivity index (χ2n) is 5.60. The molecule has 2 aromatic rings. The summed E-state index contributed by atoms with van der Waals surface area (Å²) in [5.74, 6) is 0.824. The number of hydrogen-bond donors (Lipinski definition) is 3. The van der Waals surface area contributed by atoms with Gasteiger partial charge in [-0.3, -0.25) is 0 Å². The van der Waals surface area contributed by atoms with Gasteiger partial charge in [-0.1, -0.05) is 47.5 Å². The van der Waals surface area contributed by atoms with E-state index in [9.17, 15) is 0 Å². The average Bonchev–Trinajstić information content (AvgIpc) is 2.61. The third-order valence-electron chi connectivity index (χ3n) is 3.72. The van der Waals surface area contributed by atoms with Gasteiger partial charge in [0.05, 0.1) is 6.61 Å². The summed E-state index contributed by atoms with van der Waals surface area (Å²) in [7, 11) is 0. The molecule has 136 valence electrons. The average molecular weight is 383 g/mol. The first kappa shape index (κ1) is 20.0. The van der Waals surface area contributed by atoms with Crippen LogP contribution in [0.1, 0.15) is 17.5 Å². The first-order valence-corrected chi connectivity index (χ1v) is 9.14. The van der Waals surface area contributed by atoms with Crippen molar-refractivity contribution in [2.45, 2.75) is 19.6 Å². The monoisotopic (exact) mass is 382 g/mol. The number of nitrogens with one attached hydrogen (secondary N) is 2. The van der Waals surface area contributed by atoms with Crippen molar-refractivity contribution >= 4 is 23.2 Å². The molecule has 0 bridgehead atoms. The Kier molecular flexibility index (Phi) is 9.08. The lowest BCUT2D eigenvalue weighted by atomic mass is 10.2. The van der Waals surface area contributed by atoms with Crippen molar-refractivity contribution in [2.24, 2.45) is 0 Å². The van der Waals surface area contributed by atoms with Crippen molar-refractivity contribution in [2.75, 3.05) is 26.2 Å². The molecule has 0 fully saturated rings. The van der Waals surface area contributed by atoms with Gasteiger partial charge in [-0.15, -0.1) is 0 Å². The van der Waals surface area contributed by atoms with Crippen molar-refractivity contribution in [1.82, 2.24) is 10.6 Å². The minimum absolute atomic E-state index is 0.174. The molecule has 2 rings (SSSR count). The second kappa shape index (κ2) is 11.3. The molecular weight excluding hydrogens is 359 g/mol. The van der Waals surface area contributed by atoms with Gasteiger partial charge in [0.2, 0.25) is 0 Å². The van der Waals surface area contributed by atoms with E-state index in [0.717, 1.165) is 42.9 Å². The van der Waals surface area contributed by atoms with Crippen molar-refractivity contribution in [3.63, 3.8) is 0 Å². The molecule has 0 aliphatic rings. The maximum atomic E-state index is 8.71. The molecule has 0 radical (unpaired) electrons. The van der Waals surface area contributed by atoms with Gasteiger partial charge in [0, 0.05) is 34.3 Å². The van der Waals surface area contributed by atoms with Crippen LogP contribution in [0.2, 0.25) is 10.0 Å². The Hall–Kier alpha value is -1.30. The number of aliphatic hydroxyl groups excluding tert-OH is 1. The van der Waals surface area contributed by atoms with E-state index in [0.29, 0.717) is 23.2 Å². The minimum atomic E-state index is 0.174. The summed E-state index contributed by atoms with van der Waals surface area (Å²) in [6.07, 6.45) is 0.998. The molecule has 0 saturated carbocycles. The Bertz CT molecular complexity index is 633. The molecule has 0 aliphatic carbocycles. The smallest absolute Gasteiger partial charge is 0.124 e. The van der Waals surface area contributed by atoms with Crippen LogP contribution < -0.4 is 15.4 Å². The van der Waals surface area contributed by atoms with Crippen molar-refractivity contribution in [1.29, 1.82) is 0 Å². The third-order valence-corrected chi connectivity index (χ3v) is 4.43. The van der Waals surface area contributed by atoms with E-state index in [2.05, 4.69) is 10.6 Å². The normalized spacial score (nSPS) is 10.8. The van der Waals surface area contributed by atoms with Gasteiger partial charge in [0.15, 0.2) is 0 Å². The molecule has 6 heteroatoms. The van der Waals surface area contributed by atoms with E-state index >= 15 is 0 Å². The van der Waals surface area contributed by atoms with E-state index in [1.807, 2.05) is 42.5 Å². The number of para-hydroxylation sites is 1. The predicted molar refractivity (Wildman–Crippen MR) is 104 cm³/mol. The zero-order valence-electron chi connectivity index (χ0n) is 14.1. The van der Waals surface area contributed by atoms with Crippen molar-refractivity contribution < 1.29 is 9.84 Å². The predicted octanol–water partition coefficient (Wildman–Crippen LogP) is 3.63. The Labute approximate surface area is 159 Å². The summed E-state index contributed by atoms with van der Waals surface area (Å²) in [5.41, 5.74) is 1.89. The van der Waals surface area contributed by atoms with E-state index in [-0.39, 0.29) is 6.61 Å². The Morgan fingerprint density at radius 3 is 2.36 bits per heavy atom. The Morgan fingerprint density at radius 2 is 1.60 bits per heavy atom. The lowest BCUT2D eigenvalue weighted by Gasteiger charge is -2.14. The molecule has 0 aliphatic heterocycles.